The predicted molar refractivity (Wildman–Crippen MR) is 64.0 cm³/mol. The normalized spacial score (nSPS) is 18.6. The summed E-state index contributed by atoms with van der Waals surface area (Å²) in [6.45, 7) is 1.32. The molecule has 8 nitrogen and oxygen atoms in total. The van der Waals surface area contributed by atoms with Crippen LogP contribution >= 0.6 is 0 Å². The molecule has 1 saturated heterocycles. The van der Waals surface area contributed by atoms with Crippen molar-refractivity contribution in [3.05, 3.63) is 29.7 Å². The van der Waals surface area contributed by atoms with Gasteiger partial charge in [-0.25, -0.2) is 0 Å². The van der Waals surface area contributed by atoms with Gasteiger partial charge in [0.05, 0.1) is 12.2 Å². The number of nitrogens with zero attached hydrogens (tertiary/aromatic N) is 3. The van der Waals surface area contributed by atoms with E-state index in [-0.39, 0.29) is 17.8 Å². The lowest BCUT2D eigenvalue weighted by Gasteiger charge is -2.01. The fraction of sp³-hybridized carbons (Fsp3) is 0.455. The molecule has 0 radical (unpaired) electrons. The van der Waals surface area contributed by atoms with Crippen LogP contribution in [0.2, 0.25) is 0 Å². The van der Waals surface area contributed by atoms with Crippen LogP contribution in [-0.4, -0.2) is 32.8 Å². The third-order valence-corrected chi connectivity index (χ3v) is 3.01. The van der Waals surface area contributed by atoms with E-state index in [1.165, 1.54) is 0 Å². The Kier molecular flexibility index (Phi) is 3.23. The summed E-state index contributed by atoms with van der Waals surface area (Å²) in [5.74, 6) is 0.187. The molecule has 2 aromatic heterocycles. The van der Waals surface area contributed by atoms with Crippen molar-refractivity contribution in [2.75, 3.05) is 6.54 Å². The van der Waals surface area contributed by atoms with E-state index in [2.05, 4.69) is 31.0 Å². The minimum atomic E-state index is -0.353. The fourth-order valence-electron chi connectivity index (χ4n) is 2.00. The number of hydrogen-bond acceptors (Lipinski definition) is 6. The van der Waals surface area contributed by atoms with Gasteiger partial charge >= 0.3 is 0 Å². The van der Waals surface area contributed by atoms with Gasteiger partial charge in [0.25, 0.3) is 11.7 Å². The maximum absolute atomic E-state index is 11.8. The molecule has 0 aromatic carbocycles. The molecule has 1 fully saturated rings. The second kappa shape index (κ2) is 5.19. The maximum Gasteiger partial charge on any atom is 0.292 e. The van der Waals surface area contributed by atoms with Crippen LogP contribution in [0, 0.1) is 0 Å². The van der Waals surface area contributed by atoms with E-state index in [0.717, 1.165) is 24.9 Å². The van der Waals surface area contributed by atoms with Crippen LogP contribution in [-0.2, 0) is 6.54 Å². The smallest absolute Gasteiger partial charge is 0.292 e. The van der Waals surface area contributed by atoms with Crippen LogP contribution in [0.25, 0.3) is 0 Å². The summed E-state index contributed by atoms with van der Waals surface area (Å²) in [4.78, 5) is 15.9. The minimum absolute atomic E-state index is 0.0622. The average molecular weight is 262 g/mol. The first-order valence-corrected chi connectivity index (χ1v) is 6.16. The summed E-state index contributed by atoms with van der Waals surface area (Å²) >= 11 is 0. The number of rotatable bonds is 4. The number of hydrogen-bond donors (Lipinski definition) is 3. The molecule has 0 aliphatic carbocycles. The summed E-state index contributed by atoms with van der Waals surface area (Å²) in [5.41, 5.74) is 0.884. The molecule has 0 spiro atoms. The number of nitrogens with one attached hydrogen (secondary N) is 3. The van der Waals surface area contributed by atoms with Gasteiger partial charge in [-0.2, -0.15) is 10.1 Å². The molecule has 1 amide bonds. The van der Waals surface area contributed by atoms with Gasteiger partial charge in [0.1, 0.15) is 0 Å². The zero-order valence-corrected chi connectivity index (χ0v) is 10.2. The Morgan fingerprint density at radius 1 is 1.58 bits per heavy atom. The number of amides is 1. The molecule has 8 heteroatoms. The topological polar surface area (TPSA) is 109 Å². The summed E-state index contributed by atoms with van der Waals surface area (Å²) in [5, 5.41) is 16.1. The molecule has 100 valence electrons. The molecule has 0 bridgehead atoms. The van der Waals surface area contributed by atoms with Gasteiger partial charge in [-0.1, -0.05) is 5.16 Å². The molecule has 3 heterocycles. The first kappa shape index (κ1) is 11.8. The first-order valence-electron chi connectivity index (χ1n) is 6.16. The van der Waals surface area contributed by atoms with Crippen molar-refractivity contribution < 1.29 is 9.32 Å². The molecule has 0 saturated carbocycles. The molecular weight excluding hydrogens is 248 g/mol. The van der Waals surface area contributed by atoms with Crippen LogP contribution in [0.5, 0.6) is 0 Å². The molecule has 2 aromatic rings. The predicted octanol–water partition coefficient (Wildman–Crippen LogP) is 0.147. The molecule has 3 N–H and O–H groups in total. The third-order valence-electron chi connectivity index (χ3n) is 3.01. The van der Waals surface area contributed by atoms with Crippen molar-refractivity contribution in [1.29, 1.82) is 0 Å². The average Bonchev–Trinajstić information content (AvgIpc) is 3.14. The standard InChI is InChI=1S/C11H14N6O2/c18-10(13-4-7-5-14-15-6-7)9-16-11(19-17-9)8-2-1-3-12-8/h5-6,8,12H,1-4H2,(H,13,18)(H,14,15). The fourth-order valence-corrected chi connectivity index (χ4v) is 2.00. The van der Waals surface area contributed by atoms with E-state index >= 15 is 0 Å². The van der Waals surface area contributed by atoms with Crippen molar-refractivity contribution in [1.82, 2.24) is 31.0 Å². The van der Waals surface area contributed by atoms with Crippen LogP contribution in [0.4, 0.5) is 0 Å². The van der Waals surface area contributed by atoms with Gasteiger partial charge < -0.3 is 15.2 Å². The largest absolute Gasteiger partial charge is 0.345 e. The van der Waals surface area contributed by atoms with E-state index in [9.17, 15) is 4.79 Å². The summed E-state index contributed by atoms with van der Waals surface area (Å²) in [6, 6.07) is 0.0722. The lowest BCUT2D eigenvalue weighted by Crippen LogP contribution is -2.24. The number of aromatic nitrogens is 4. The Hall–Kier alpha value is -2.22. The minimum Gasteiger partial charge on any atom is -0.345 e. The van der Waals surface area contributed by atoms with Crippen molar-refractivity contribution >= 4 is 5.91 Å². The summed E-state index contributed by atoms with van der Waals surface area (Å²) in [7, 11) is 0. The van der Waals surface area contributed by atoms with Gasteiger partial charge in [0.15, 0.2) is 0 Å². The monoisotopic (exact) mass is 262 g/mol. The molecule has 1 unspecified atom stereocenters. The van der Waals surface area contributed by atoms with E-state index < -0.39 is 0 Å². The van der Waals surface area contributed by atoms with Crippen LogP contribution in [0.1, 0.15) is 41.0 Å². The lowest BCUT2D eigenvalue weighted by molar-refractivity contribution is 0.0937. The van der Waals surface area contributed by atoms with Gasteiger partial charge in [0, 0.05) is 18.3 Å². The van der Waals surface area contributed by atoms with Crippen LogP contribution in [0.3, 0.4) is 0 Å². The second-order valence-corrected chi connectivity index (χ2v) is 4.39. The highest BCUT2D eigenvalue weighted by Crippen LogP contribution is 2.20. The van der Waals surface area contributed by atoms with E-state index in [1.54, 1.807) is 12.4 Å². The van der Waals surface area contributed by atoms with E-state index in [1.807, 2.05) is 0 Å². The number of carbonyl (C=O) groups excluding carboxylic acids is 1. The maximum atomic E-state index is 11.8. The Morgan fingerprint density at radius 2 is 2.53 bits per heavy atom. The molecule has 3 rings (SSSR count). The lowest BCUT2D eigenvalue weighted by atomic mass is 10.2. The SMILES string of the molecule is O=C(NCc1cn[nH]c1)c1noc(C2CCCN2)n1. The molecule has 1 atom stereocenters. The van der Waals surface area contributed by atoms with Gasteiger partial charge in [-0.05, 0) is 19.4 Å². The number of aromatic amines is 1. The second-order valence-electron chi connectivity index (χ2n) is 4.39. The Labute approximate surface area is 109 Å². The van der Waals surface area contributed by atoms with Crippen molar-refractivity contribution in [3.63, 3.8) is 0 Å². The third kappa shape index (κ3) is 2.63. The zero-order chi connectivity index (χ0) is 13.1. The summed E-state index contributed by atoms with van der Waals surface area (Å²) in [6.07, 6.45) is 5.39. The zero-order valence-electron chi connectivity index (χ0n) is 10.2. The molecule has 1 aliphatic rings. The Morgan fingerprint density at radius 3 is 3.26 bits per heavy atom. The number of H-pyrrole nitrogens is 1. The van der Waals surface area contributed by atoms with E-state index in [4.69, 9.17) is 4.52 Å². The van der Waals surface area contributed by atoms with Crippen LogP contribution < -0.4 is 10.6 Å². The quantitative estimate of drug-likeness (QED) is 0.723. The Bertz CT molecular complexity index is 543. The van der Waals surface area contributed by atoms with Crippen molar-refractivity contribution in [2.24, 2.45) is 0 Å². The summed E-state index contributed by atoms with van der Waals surface area (Å²) < 4.78 is 5.10. The van der Waals surface area contributed by atoms with E-state index in [0.29, 0.717) is 12.4 Å². The highest BCUT2D eigenvalue weighted by Gasteiger charge is 2.24. The van der Waals surface area contributed by atoms with Crippen molar-refractivity contribution in [3.8, 4) is 0 Å². The van der Waals surface area contributed by atoms with Crippen LogP contribution in [0.15, 0.2) is 16.9 Å². The van der Waals surface area contributed by atoms with Gasteiger partial charge in [-0.3, -0.25) is 9.89 Å². The Balaban J connectivity index is 1.60. The van der Waals surface area contributed by atoms with Gasteiger partial charge in [0.2, 0.25) is 5.89 Å². The molecule has 19 heavy (non-hydrogen) atoms. The molecular formula is C11H14N6O2. The highest BCUT2D eigenvalue weighted by molar-refractivity contribution is 5.90. The van der Waals surface area contributed by atoms with Gasteiger partial charge in [-0.15, -0.1) is 0 Å². The first-order chi connectivity index (χ1) is 9.33. The molecule has 1 aliphatic heterocycles. The highest BCUT2D eigenvalue weighted by atomic mass is 16.5. The van der Waals surface area contributed by atoms with Crippen molar-refractivity contribution in [2.45, 2.75) is 25.4 Å². The number of carbonyl (C=O) groups is 1.